The van der Waals surface area contributed by atoms with E-state index in [4.69, 9.17) is 14.7 Å². The Morgan fingerprint density at radius 2 is 2.00 bits per heavy atom. The normalized spacial score (nSPS) is 19.8. The third-order valence-corrected chi connectivity index (χ3v) is 3.44. The Labute approximate surface area is 139 Å². The van der Waals surface area contributed by atoms with Crippen molar-refractivity contribution >= 4 is 6.09 Å². The van der Waals surface area contributed by atoms with E-state index in [-0.39, 0.29) is 13.2 Å². The molecular weight excluding hydrogens is 318 g/mol. The standard InChI is InChI=1S/C17H20F2N2O3/c1-16(2,3)24-15(22)21-9-14(17(18,19)11-21)23-10-13-6-4-12(8-20)5-7-13/h4-7,14H,9-11H2,1-3H3. The molecule has 5 nitrogen and oxygen atoms in total. The molecule has 1 atom stereocenters. The first-order valence-electron chi connectivity index (χ1n) is 7.57. The highest BCUT2D eigenvalue weighted by Crippen LogP contribution is 2.31. The van der Waals surface area contributed by atoms with Gasteiger partial charge in [0.1, 0.15) is 11.7 Å². The third kappa shape index (κ3) is 4.65. The molecule has 0 aromatic heterocycles. The number of benzene rings is 1. The van der Waals surface area contributed by atoms with Crippen LogP contribution < -0.4 is 0 Å². The molecule has 1 amide bonds. The van der Waals surface area contributed by atoms with Crippen molar-refractivity contribution in [3.05, 3.63) is 35.4 Å². The zero-order valence-corrected chi connectivity index (χ0v) is 13.9. The van der Waals surface area contributed by atoms with E-state index in [9.17, 15) is 13.6 Å². The van der Waals surface area contributed by atoms with Crippen molar-refractivity contribution < 1.29 is 23.0 Å². The van der Waals surface area contributed by atoms with Gasteiger partial charge in [-0.15, -0.1) is 0 Å². The SMILES string of the molecule is CC(C)(C)OC(=O)N1CC(OCc2ccc(C#N)cc2)C(F)(F)C1. The number of nitriles is 1. The van der Waals surface area contributed by atoms with Crippen LogP contribution in [0.5, 0.6) is 0 Å². The van der Waals surface area contributed by atoms with Gasteiger partial charge in [-0.2, -0.15) is 5.26 Å². The van der Waals surface area contributed by atoms with Crippen LogP contribution in [-0.2, 0) is 16.1 Å². The van der Waals surface area contributed by atoms with Crippen LogP contribution >= 0.6 is 0 Å². The Hall–Kier alpha value is -2.20. The molecule has 0 saturated carbocycles. The molecule has 1 aliphatic rings. The monoisotopic (exact) mass is 338 g/mol. The maximum absolute atomic E-state index is 14.1. The van der Waals surface area contributed by atoms with Crippen LogP contribution in [0, 0.1) is 11.3 Å². The molecule has 0 bridgehead atoms. The molecule has 1 fully saturated rings. The maximum Gasteiger partial charge on any atom is 0.410 e. The molecule has 0 N–H and O–H groups in total. The summed E-state index contributed by atoms with van der Waals surface area (Å²) in [7, 11) is 0. The maximum atomic E-state index is 14.1. The molecule has 7 heteroatoms. The lowest BCUT2D eigenvalue weighted by Crippen LogP contribution is -2.36. The molecule has 1 aromatic rings. The van der Waals surface area contributed by atoms with Crippen molar-refractivity contribution in [2.75, 3.05) is 13.1 Å². The molecule has 24 heavy (non-hydrogen) atoms. The van der Waals surface area contributed by atoms with Crippen molar-refractivity contribution in [2.24, 2.45) is 0 Å². The van der Waals surface area contributed by atoms with Gasteiger partial charge in [-0.25, -0.2) is 13.6 Å². The van der Waals surface area contributed by atoms with Crippen molar-refractivity contribution in [3.8, 4) is 6.07 Å². The van der Waals surface area contributed by atoms with Crippen LogP contribution in [0.15, 0.2) is 24.3 Å². The van der Waals surface area contributed by atoms with Gasteiger partial charge in [-0.3, -0.25) is 4.90 Å². The average molecular weight is 338 g/mol. The van der Waals surface area contributed by atoms with Gasteiger partial charge < -0.3 is 9.47 Å². The smallest absolute Gasteiger partial charge is 0.410 e. The molecular formula is C17H20F2N2O3. The third-order valence-electron chi connectivity index (χ3n) is 3.44. The second-order valence-electron chi connectivity index (χ2n) is 6.73. The number of likely N-dealkylation sites (tertiary alicyclic amines) is 1. The van der Waals surface area contributed by atoms with Crippen molar-refractivity contribution in [1.82, 2.24) is 4.90 Å². The minimum atomic E-state index is -3.14. The average Bonchev–Trinajstić information content (AvgIpc) is 2.79. The van der Waals surface area contributed by atoms with Crippen molar-refractivity contribution in [2.45, 2.75) is 45.0 Å². The summed E-state index contributed by atoms with van der Waals surface area (Å²) in [6, 6.07) is 8.47. The van der Waals surface area contributed by atoms with Gasteiger partial charge in [-0.1, -0.05) is 12.1 Å². The zero-order chi connectivity index (χ0) is 18.0. The number of alkyl halides is 2. The molecule has 1 unspecified atom stereocenters. The molecule has 0 aliphatic carbocycles. The van der Waals surface area contributed by atoms with Gasteiger partial charge in [0, 0.05) is 0 Å². The van der Waals surface area contributed by atoms with E-state index in [1.165, 1.54) is 0 Å². The van der Waals surface area contributed by atoms with E-state index in [0.29, 0.717) is 11.1 Å². The largest absolute Gasteiger partial charge is 0.444 e. The topological polar surface area (TPSA) is 62.6 Å². The number of hydrogen-bond acceptors (Lipinski definition) is 4. The molecule has 0 radical (unpaired) electrons. The Morgan fingerprint density at radius 3 is 2.54 bits per heavy atom. The summed E-state index contributed by atoms with van der Waals surface area (Å²) in [5.74, 6) is -3.14. The molecule has 0 spiro atoms. The summed E-state index contributed by atoms with van der Waals surface area (Å²) in [6.45, 7) is 4.07. The van der Waals surface area contributed by atoms with E-state index < -0.39 is 30.3 Å². The summed E-state index contributed by atoms with van der Waals surface area (Å²) < 4.78 is 38.5. The van der Waals surface area contributed by atoms with Gasteiger partial charge in [0.25, 0.3) is 5.92 Å². The number of nitrogens with zero attached hydrogens (tertiary/aromatic N) is 2. The minimum absolute atomic E-state index is 0.0197. The minimum Gasteiger partial charge on any atom is -0.444 e. The van der Waals surface area contributed by atoms with E-state index >= 15 is 0 Å². The number of ether oxygens (including phenoxy) is 2. The highest BCUT2D eigenvalue weighted by atomic mass is 19.3. The summed E-state index contributed by atoms with van der Waals surface area (Å²) in [5, 5.41) is 8.73. The van der Waals surface area contributed by atoms with Gasteiger partial charge >= 0.3 is 6.09 Å². The van der Waals surface area contributed by atoms with Gasteiger partial charge in [0.05, 0.1) is 31.3 Å². The van der Waals surface area contributed by atoms with Crippen LogP contribution in [-0.4, -0.2) is 41.7 Å². The second-order valence-corrected chi connectivity index (χ2v) is 6.73. The summed E-state index contributed by atoms with van der Waals surface area (Å²) in [6.07, 6.45) is -2.16. The number of rotatable bonds is 3. The molecule has 1 aliphatic heterocycles. The Morgan fingerprint density at radius 1 is 1.38 bits per heavy atom. The predicted octanol–water partition coefficient (Wildman–Crippen LogP) is 3.33. The van der Waals surface area contributed by atoms with Gasteiger partial charge in [0.2, 0.25) is 0 Å². The molecule has 1 aromatic carbocycles. The highest BCUT2D eigenvalue weighted by Gasteiger charge is 2.51. The van der Waals surface area contributed by atoms with E-state index in [1.54, 1.807) is 45.0 Å². The number of hydrogen-bond donors (Lipinski definition) is 0. The van der Waals surface area contributed by atoms with E-state index in [2.05, 4.69) is 0 Å². The first-order chi connectivity index (χ1) is 11.1. The predicted molar refractivity (Wildman–Crippen MR) is 82.5 cm³/mol. The van der Waals surface area contributed by atoms with Crippen LogP contribution in [0.4, 0.5) is 13.6 Å². The number of halogens is 2. The number of carbonyl (C=O) groups is 1. The fraction of sp³-hybridized carbons (Fsp3) is 0.529. The zero-order valence-electron chi connectivity index (χ0n) is 13.9. The van der Waals surface area contributed by atoms with E-state index in [0.717, 1.165) is 4.90 Å². The molecule has 130 valence electrons. The Kier molecular flexibility index (Phi) is 5.09. The number of carbonyl (C=O) groups excluding carboxylic acids is 1. The lowest BCUT2D eigenvalue weighted by atomic mass is 10.1. The summed E-state index contributed by atoms with van der Waals surface area (Å²) in [4.78, 5) is 12.9. The van der Waals surface area contributed by atoms with Crippen LogP contribution in [0.1, 0.15) is 31.9 Å². The fourth-order valence-electron chi connectivity index (χ4n) is 2.27. The van der Waals surface area contributed by atoms with Gasteiger partial charge in [-0.05, 0) is 38.5 Å². The van der Waals surface area contributed by atoms with Crippen LogP contribution in [0.2, 0.25) is 0 Å². The quantitative estimate of drug-likeness (QED) is 0.848. The fourth-order valence-corrected chi connectivity index (χ4v) is 2.27. The Balaban J connectivity index is 1.95. The van der Waals surface area contributed by atoms with Crippen molar-refractivity contribution in [1.29, 1.82) is 5.26 Å². The molecule has 1 heterocycles. The lowest BCUT2D eigenvalue weighted by molar-refractivity contribution is -0.110. The highest BCUT2D eigenvalue weighted by molar-refractivity contribution is 5.68. The summed E-state index contributed by atoms with van der Waals surface area (Å²) in [5.41, 5.74) is 0.426. The first-order valence-corrected chi connectivity index (χ1v) is 7.57. The van der Waals surface area contributed by atoms with E-state index in [1.807, 2.05) is 6.07 Å². The van der Waals surface area contributed by atoms with Crippen molar-refractivity contribution in [3.63, 3.8) is 0 Å². The first kappa shape index (κ1) is 18.1. The Bertz CT molecular complexity index is 633. The molecule has 2 rings (SSSR count). The second kappa shape index (κ2) is 6.73. The van der Waals surface area contributed by atoms with Crippen LogP contribution in [0.25, 0.3) is 0 Å². The lowest BCUT2D eigenvalue weighted by Gasteiger charge is -2.24. The number of amides is 1. The summed E-state index contributed by atoms with van der Waals surface area (Å²) >= 11 is 0. The van der Waals surface area contributed by atoms with Gasteiger partial charge in [0.15, 0.2) is 0 Å². The molecule has 1 saturated heterocycles. The van der Waals surface area contributed by atoms with Crippen LogP contribution in [0.3, 0.4) is 0 Å².